The second-order valence-corrected chi connectivity index (χ2v) is 5.02. The van der Waals surface area contributed by atoms with Gasteiger partial charge in [0, 0.05) is 16.1 Å². The molecule has 0 aliphatic heterocycles. The number of carbonyl (C=O) groups is 1. The Hall–Kier alpha value is -1.60. The lowest BCUT2D eigenvalue weighted by Crippen LogP contribution is -2.04. The molecular formula is C16H15ClO. The molecule has 2 aromatic carbocycles. The summed E-state index contributed by atoms with van der Waals surface area (Å²) in [5, 5.41) is 0.657. The Bertz CT molecular complexity index is 614. The van der Waals surface area contributed by atoms with E-state index in [-0.39, 0.29) is 5.78 Å². The van der Waals surface area contributed by atoms with E-state index in [0.717, 1.165) is 16.7 Å². The van der Waals surface area contributed by atoms with Gasteiger partial charge in [-0.15, -0.1) is 0 Å². The molecule has 0 N–H and O–H groups in total. The average Bonchev–Trinajstić information content (AvgIpc) is 2.32. The van der Waals surface area contributed by atoms with Crippen molar-refractivity contribution in [3.05, 3.63) is 69.2 Å². The van der Waals surface area contributed by atoms with Crippen molar-refractivity contribution in [3.63, 3.8) is 0 Å². The molecule has 1 nitrogen and oxygen atoms in total. The number of aryl methyl sites for hydroxylation is 3. The zero-order chi connectivity index (χ0) is 13.3. The molecule has 0 bridgehead atoms. The van der Waals surface area contributed by atoms with E-state index in [0.29, 0.717) is 10.6 Å². The Morgan fingerprint density at radius 1 is 0.889 bits per heavy atom. The highest BCUT2D eigenvalue weighted by Gasteiger charge is 2.12. The van der Waals surface area contributed by atoms with Gasteiger partial charge in [-0.2, -0.15) is 0 Å². The molecule has 2 heteroatoms. The summed E-state index contributed by atoms with van der Waals surface area (Å²) < 4.78 is 0. The number of carbonyl (C=O) groups excluding carboxylic acids is 1. The molecule has 0 aliphatic rings. The van der Waals surface area contributed by atoms with Crippen LogP contribution in [0.25, 0.3) is 0 Å². The number of rotatable bonds is 2. The zero-order valence-electron chi connectivity index (χ0n) is 10.8. The predicted octanol–water partition coefficient (Wildman–Crippen LogP) is 4.50. The number of hydrogen-bond acceptors (Lipinski definition) is 1. The van der Waals surface area contributed by atoms with E-state index >= 15 is 0 Å². The summed E-state index contributed by atoms with van der Waals surface area (Å²) in [6.45, 7) is 5.96. The first-order valence-corrected chi connectivity index (χ1v) is 6.25. The molecule has 0 aromatic heterocycles. The number of halogens is 1. The molecule has 92 valence electrons. The molecule has 2 rings (SSSR count). The zero-order valence-corrected chi connectivity index (χ0v) is 11.5. The van der Waals surface area contributed by atoms with Gasteiger partial charge in [0.05, 0.1) is 0 Å². The minimum Gasteiger partial charge on any atom is -0.289 e. The maximum Gasteiger partial charge on any atom is 0.193 e. The Kier molecular flexibility index (Phi) is 3.53. The van der Waals surface area contributed by atoms with Crippen molar-refractivity contribution in [3.8, 4) is 0 Å². The summed E-state index contributed by atoms with van der Waals surface area (Å²) in [4.78, 5) is 12.4. The number of hydrogen-bond donors (Lipinski definition) is 0. The van der Waals surface area contributed by atoms with Gasteiger partial charge in [-0.1, -0.05) is 23.7 Å². The first-order chi connectivity index (χ1) is 8.49. The highest BCUT2D eigenvalue weighted by Crippen LogP contribution is 2.20. The van der Waals surface area contributed by atoms with Gasteiger partial charge in [0.1, 0.15) is 0 Å². The molecule has 0 unspecified atom stereocenters. The quantitative estimate of drug-likeness (QED) is 0.725. The average molecular weight is 259 g/mol. The summed E-state index contributed by atoms with van der Waals surface area (Å²) >= 11 is 5.90. The fourth-order valence-electron chi connectivity index (χ4n) is 1.92. The second-order valence-electron chi connectivity index (χ2n) is 4.59. The van der Waals surface area contributed by atoms with Crippen LogP contribution in [-0.4, -0.2) is 5.78 Å². The fourth-order valence-corrected chi connectivity index (χ4v) is 2.15. The number of ketones is 1. The van der Waals surface area contributed by atoms with Gasteiger partial charge in [0.25, 0.3) is 0 Å². The van der Waals surface area contributed by atoms with Gasteiger partial charge in [0.15, 0.2) is 5.78 Å². The summed E-state index contributed by atoms with van der Waals surface area (Å²) in [6, 6.07) is 11.1. The summed E-state index contributed by atoms with van der Waals surface area (Å²) in [6.07, 6.45) is 0. The van der Waals surface area contributed by atoms with Gasteiger partial charge in [-0.25, -0.2) is 0 Å². The van der Waals surface area contributed by atoms with Gasteiger partial charge < -0.3 is 0 Å². The van der Waals surface area contributed by atoms with Crippen LogP contribution in [0.2, 0.25) is 5.02 Å². The SMILES string of the molecule is Cc1ccc(C(=O)c2ccc(Cl)cc2C)cc1C. The van der Waals surface area contributed by atoms with E-state index in [9.17, 15) is 4.79 Å². The van der Waals surface area contributed by atoms with Gasteiger partial charge in [-0.3, -0.25) is 4.79 Å². The van der Waals surface area contributed by atoms with E-state index in [4.69, 9.17) is 11.6 Å². The normalized spacial score (nSPS) is 10.4. The molecule has 0 atom stereocenters. The molecular weight excluding hydrogens is 244 g/mol. The van der Waals surface area contributed by atoms with Gasteiger partial charge in [-0.05, 0) is 61.7 Å². The van der Waals surface area contributed by atoms with Crippen LogP contribution in [0.5, 0.6) is 0 Å². The van der Waals surface area contributed by atoms with E-state index in [2.05, 4.69) is 0 Å². The molecule has 0 fully saturated rings. The molecule has 0 aliphatic carbocycles. The van der Waals surface area contributed by atoms with Crippen LogP contribution < -0.4 is 0 Å². The lowest BCUT2D eigenvalue weighted by Gasteiger charge is -2.07. The van der Waals surface area contributed by atoms with E-state index < -0.39 is 0 Å². The molecule has 0 saturated carbocycles. The van der Waals surface area contributed by atoms with E-state index in [1.165, 1.54) is 5.56 Å². The topological polar surface area (TPSA) is 17.1 Å². The molecule has 0 heterocycles. The van der Waals surface area contributed by atoms with Gasteiger partial charge >= 0.3 is 0 Å². The largest absolute Gasteiger partial charge is 0.289 e. The van der Waals surface area contributed by atoms with Crippen molar-refractivity contribution in [2.45, 2.75) is 20.8 Å². The van der Waals surface area contributed by atoms with Crippen LogP contribution in [0.1, 0.15) is 32.6 Å². The van der Waals surface area contributed by atoms with Crippen LogP contribution in [0.3, 0.4) is 0 Å². The number of benzene rings is 2. The molecule has 0 amide bonds. The van der Waals surface area contributed by atoms with Crippen molar-refractivity contribution in [1.82, 2.24) is 0 Å². The van der Waals surface area contributed by atoms with Crippen molar-refractivity contribution in [2.24, 2.45) is 0 Å². The maximum absolute atomic E-state index is 12.4. The third-order valence-corrected chi connectivity index (χ3v) is 3.44. The summed E-state index contributed by atoms with van der Waals surface area (Å²) in [5.74, 6) is 0.0484. The van der Waals surface area contributed by atoms with Crippen LogP contribution >= 0.6 is 11.6 Å². The Labute approximate surface area is 112 Å². The molecule has 0 radical (unpaired) electrons. The second kappa shape index (κ2) is 4.95. The first kappa shape index (κ1) is 12.8. The van der Waals surface area contributed by atoms with Crippen LogP contribution in [0.15, 0.2) is 36.4 Å². The highest BCUT2D eigenvalue weighted by atomic mass is 35.5. The molecule has 0 saturated heterocycles. The molecule has 18 heavy (non-hydrogen) atoms. The minimum atomic E-state index is 0.0484. The van der Waals surface area contributed by atoms with Crippen LogP contribution in [0, 0.1) is 20.8 Å². The standard InChI is InChI=1S/C16H15ClO/c1-10-4-5-13(8-11(10)2)16(18)15-7-6-14(17)9-12(15)3/h4-9H,1-3H3. The Morgan fingerprint density at radius 3 is 2.22 bits per heavy atom. The Balaban J connectivity index is 2.44. The van der Waals surface area contributed by atoms with Crippen molar-refractivity contribution in [2.75, 3.05) is 0 Å². The van der Waals surface area contributed by atoms with Crippen LogP contribution in [-0.2, 0) is 0 Å². The predicted molar refractivity (Wildman–Crippen MR) is 75.5 cm³/mol. The summed E-state index contributed by atoms with van der Waals surface area (Å²) in [7, 11) is 0. The smallest absolute Gasteiger partial charge is 0.193 e. The third kappa shape index (κ3) is 2.46. The highest BCUT2D eigenvalue weighted by molar-refractivity contribution is 6.30. The Morgan fingerprint density at radius 2 is 1.61 bits per heavy atom. The van der Waals surface area contributed by atoms with Crippen molar-refractivity contribution in [1.29, 1.82) is 0 Å². The van der Waals surface area contributed by atoms with E-state index in [1.807, 2.05) is 45.0 Å². The first-order valence-electron chi connectivity index (χ1n) is 5.87. The summed E-state index contributed by atoms with van der Waals surface area (Å²) in [5.41, 5.74) is 4.67. The lowest BCUT2D eigenvalue weighted by atomic mass is 9.97. The fraction of sp³-hybridized carbons (Fsp3) is 0.188. The van der Waals surface area contributed by atoms with Crippen molar-refractivity contribution >= 4 is 17.4 Å². The van der Waals surface area contributed by atoms with Crippen LogP contribution in [0.4, 0.5) is 0 Å². The third-order valence-electron chi connectivity index (χ3n) is 3.20. The molecule has 0 spiro atoms. The van der Waals surface area contributed by atoms with Crippen molar-refractivity contribution < 1.29 is 4.79 Å². The monoisotopic (exact) mass is 258 g/mol. The minimum absolute atomic E-state index is 0.0484. The molecule has 2 aromatic rings. The lowest BCUT2D eigenvalue weighted by molar-refractivity contribution is 0.103. The van der Waals surface area contributed by atoms with E-state index in [1.54, 1.807) is 12.1 Å². The maximum atomic E-state index is 12.4. The van der Waals surface area contributed by atoms with Gasteiger partial charge in [0.2, 0.25) is 0 Å².